The summed E-state index contributed by atoms with van der Waals surface area (Å²) in [5.74, 6) is -0.612. The minimum absolute atomic E-state index is 0.179. The van der Waals surface area contributed by atoms with Gasteiger partial charge in [-0.3, -0.25) is 4.79 Å². The number of nitrogens with two attached hydrogens (primary N) is 1. The van der Waals surface area contributed by atoms with E-state index in [0.29, 0.717) is 34.7 Å². The van der Waals surface area contributed by atoms with Crippen LogP contribution in [0.25, 0.3) is 55.6 Å². The first kappa shape index (κ1) is 26.5. The van der Waals surface area contributed by atoms with E-state index in [1.807, 2.05) is 97.1 Å². The Labute approximate surface area is 241 Å². The van der Waals surface area contributed by atoms with Crippen LogP contribution in [0.15, 0.2) is 102 Å². The third-order valence-electron chi connectivity index (χ3n) is 7.05. The SMILES string of the molecule is CC(=O)On1c(=O)c(-c2c(-c3ccc(Cl)cc3)n(CCCN)c3ccccc23)nc2ccc(-c3ccccc3)cc21. The monoisotopic (exact) mass is 562 g/mol. The second-order valence-corrected chi connectivity index (χ2v) is 10.2. The first-order valence-corrected chi connectivity index (χ1v) is 13.7. The number of aromatic nitrogens is 3. The van der Waals surface area contributed by atoms with E-state index in [-0.39, 0.29) is 5.69 Å². The molecule has 2 aromatic heterocycles. The fraction of sp³-hybridized carbons (Fsp3) is 0.121. The van der Waals surface area contributed by atoms with Gasteiger partial charge in [0.25, 0.3) is 0 Å². The Bertz CT molecular complexity index is 1960. The summed E-state index contributed by atoms with van der Waals surface area (Å²) in [5, 5.41) is 1.46. The third-order valence-corrected chi connectivity index (χ3v) is 7.30. The molecule has 0 saturated heterocycles. The van der Waals surface area contributed by atoms with Crippen molar-refractivity contribution in [3.63, 3.8) is 0 Å². The number of rotatable bonds is 7. The van der Waals surface area contributed by atoms with E-state index in [9.17, 15) is 9.59 Å². The molecular weight excluding hydrogens is 536 g/mol. The molecule has 0 bridgehead atoms. The van der Waals surface area contributed by atoms with E-state index in [4.69, 9.17) is 27.2 Å². The number of carbonyl (C=O) groups is 1. The lowest BCUT2D eigenvalue weighted by molar-refractivity contribution is -0.141. The molecule has 7 nitrogen and oxygen atoms in total. The summed E-state index contributed by atoms with van der Waals surface area (Å²) in [7, 11) is 0. The zero-order valence-corrected chi connectivity index (χ0v) is 23.1. The van der Waals surface area contributed by atoms with Crippen LogP contribution in [0.2, 0.25) is 5.02 Å². The summed E-state index contributed by atoms with van der Waals surface area (Å²) in [6.45, 7) is 2.43. The molecular formula is C33H27ClN4O3. The largest absolute Gasteiger partial charge is 0.340 e. The van der Waals surface area contributed by atoms with Crippen molar-refractivity contribution in [2.75, 3.05) is 6.54 Å². The highest BCUT2D eigenvalue weighted by Crippen LogP contribution is 2.40. The van der Waals surface area contributed by atoms with Crippen molar-refractivity contribution >= 4 is 39.5 Å². The summed E-state index contributed by atoms with van der Waals surface area (Å²) in [4.78, 5) is 36.9. The molecule has 204 valence electrons. The second-order valence-electron chi connectivity index (χ2n) is 9.75. The second kappa shape index (κ2) is 11.0. The van der Waals surface area contributed by atoms with E-state index < -0.39 is 11.5 Å². The highest BCUT2D eigenvalue weighted by atomic mass is 35.5. The summed E-state index contributed by atoms with van der Waals surface area (Å²) in [5.41, 5.74) is 11.6. The van der Waals surface area contributed by atoms with Crippen molar-refractivity contribution < 1.29 is 9.63 Å². The van der Waals surface area contributed by atoms with Crippen LogP contribution in [-0.2, 0) is 11.3 Å². The first-order chi connectivity index (χ1) is 20.0. The normalized spacial score (nSPS) is 11.3. The Morgan fingerprint density at radius 1 is 0.878 bits per heavy atom. The maximum atomic E-state index is 14.2. The Balaban J connectivity index is 1.69. The molecule has 0 fully saturated rings. The average molecular weight is 563 g/mol. The Kier molecular flexibility index (Phi) is 7.14. The number of nitrogens with zero attached hydrogens (tertiary/aromatic N) is 3. The van der Waals surface area contributed by atoms with Crippen LogP contribution in [-0.4, -0.2) is 26.8 Å². The topological polar surface area (TPSA) is 92.1 Å². The molecule has 0 amide bonds. The lowest BCUT2D eigenvalue weighted by Gasteiger charge is -2.15. The Morgan fingerprint density at radius 2 is 1.59 bits per heavy atom. The van der Waals surface area contributed by atoms with E-state index in [0.717, 1.165) is 44.4 Å². The smallest absolute Gasteiger partial charge is 0.330 e. The molecule has 2 heterocycles. The van der Waals surface area contributed by atoms with Gasteiger partial charge < -0.3 is 15.1 Å². The average Bonchev–Trinajstić information content (AvgIpc) is 3.31. The molecule has 4 aromatic carbocycles. The van der Waals surface area contributed by atoms with Gasteiger partial charge in [0.2, 0.25) is 0 Å². The van der Waals surface area contributed by atoms with Crippen molar-refractivity contribution in [2.45, 2.75) is 19.9 Å². The van der Waals surface area contributed by atoms with Gasteiger partial charge in [0.1, 0.15) is 11.2 Å². The molecule has 6 rings (SSSR count). The van der Waals surface area contributed by atoms with Gasteiger partial charge in [0, 0.05) is 35.0 Å². The minimum atomic E-state index is -0.612. The third kappa shape index (κ3) is 4.90. The van der Waals surface area contributed by atoms with Crippen LogP contribution in [0.4, 0.5) is 0 Å². The molecule has 0 saturated carbocycles. The van der Waals surface area contributed by atoms with Gasteiger partial charge in [0.15, 0.2) is 0 Å². The molecule has 0 radical (unpaired) electrons. The molecule has 0 atom stereocenters. The van der Waals surface area contributed by atoms with Crippen LogP contribution < -0.4 is 16.1 Å². The number of hydrogen-bond donors (Lipinski definition) is 1. The molecule has 0 aliphatic heterocycles. The van der Waals surface area contributed by atoms with Gasteiger partial charge in [-0.05, 0) is 60.0 Å². The minimum Gasteiger partial charge on any atom is -0.340 e. The molecule has 0 spiro atoms. The summed E-state index contributed by atoms with van der Waals surface area (Å²) in [6.07, 6.45) is 0.740. The number of aryl methyl sites for hydroxylation is 1. The molecule has 0 aliphatic rings. The molecule has 41 heavy (non-hydrogen) atoms. The molecule has 0 unspecified atom stereocenters. The van der Waals surface area contributed by atoms with Gasteiger partial charge in [-0.2, -0.15) is 0 Å². The zero-order chi connectivity index (χ0) is 28.5. The Morgan fingerprint density at radius 3 is 2.32 bits per heavy atom. The fourth-order valence-corrected chi connectivity index (χ4v) is 5.41. The predicted octanol–water partition coefficient (Wildman–Crippen LogP) is 6.33. The van der Waals surface area contributed by atoms with E-state index in [1.54, 1.807) is 0 Å². The number of carbonyl (C=O) groups excluding carboxylic acids is 1. The number of fused-ring (bicyclic) bond motifs is 2. The van der Waals surface area contributed by atoms with Crippen LogP contribution >= 0.6 is 11.6 Å². The number of hydrogen-bond acceptors (Lipinski definition) is 5. The van der Waals surface area contributed by atoms with E-state index in [2.05, 4.69) is 4.57 Å². The van der Waals surface area contributed by atoms with Crippen LogP contribution in [0.5, 0.6) is 0 Å². The zero-order valence-electron chi connectivity index (χ0n) is 22.4. The fourth-order valence-electron chi connectivity index (χ4n) is 5.28. The standard InChI is InChI=1S/C33H27ClN4O3/c1-21(39)41-38-29-20-24(22-8-3-2-4-9-22)14-17-27(29)36-31(33(38)40)30-26-10-5-6-11-28(26)37(19-7-18-35)32(30)23-12-15-25(34)16-13-23/h2-6,8-17,20H,7,18-19,35H2,1H3. The van der Waals surface area contributed by atoms with Crippen molar-refractivity contribution in [2.24, 2.45) is 5.73 Å². The molecule has 6 aromatic rings. The number of halogens is 1. The van der Waals surface area contributed by atoms with Crippen LogP contribution in [0, 0.1) is 0 Å². The van der Waals surface area contributed by atoms with Gasteiger partial charge in [-0.1, -0.05) is 78.3 Å². The molecule has 0 aliphatic carbocycles. The maximum absolute atomic E-state index is 14.2. The molecule has 8 heteroatoms. The van der Waals surface area contributed by atoms with Gasteiger partial charge in [0.05, 0.1) is 11.2 Å². The van der Waals surface area contributed by atoms with Gasteiger partial charge in [-0.25, -0.2) is 9.78 Å². The van der Waals surface area contributed by atoms with Gasteiger partial charge in [-0.15, -0.1) is 4.73 Å². The van der Waals surface area contributed by atoms with Gasteiger partial charge >= 0.3 is 11.5 Å². The summed E-state index contributed by atoms with van der Waals surface area (Å²) < 4.78 is 3.23. The quantitative estimate of drug-likeness (QED) is 0.245. The van der Waals surface area contributed by atoms with Crippen molar-refractivity contribution in [1.82, 2.24) is 14.3 Å². The van der Waals surface area contributed by atoms with Crippen LogP contribution in [0.3, 0.4) is 0 Å². The summed E-state index contributed by atoms with van der Waals surface area (Å²) in [6, 6.07) is 30.8. The van der Waals surface area contributed by atoms with E-state index >= 15 is 0 Å². The Hall–Kier alpha value is -4.72. The lowest BCUT2D eigenvalue weighted by Crippen LogP contribution is -2.31. The highest BCUT2D eigenvalue weighted by Gasteiger charge is 2.25. The molecule has 2 N–H and O–H groups in total. The number of para-hydroxylation sites is 1. The van der Waals surface area contributed by atoms with Crippen molar-refractivity contribution in [3.8, 4) is 33.6 Å². The lowest BCUT2D eigenvalue weighted by atomic mass is 10.0. The summed E-state index contributed by atoms with van der Waals surface area (Å²) >= 11 is 6.24. The first-order valence-electron chi connectivity index (χ1n) is 13.3. The van der Waals surface area contributed by atoms with Crippen molar-refractivity contribution in [3.05, 3.63) is 112 Å². The van der Waals surface area contributed by atoms with Crippen molar-refractivity contribution in [1.29, 1.82) is 0 Å². The highest BCUT2D eigenvalue weighted by molar-refractivity contribution is 6.30. The van der Waals surface area contributed by atoms with E-state index in [1.165, 1.54) is 6.92 Å². The number of benzene rings is 4. The maximum Gasteiger partial charge on any atom is 0.330 e. The van der Waals surface area contributed by atoms with Crippen LogP contribution in [0.1, 0.15) is 13.3 Å². The predicted molar refractivity (Wildman–Crippen MR) is 164 cm³/mol.